The highest BCUT2D eigenvalue weighted by atomic mass is 32.2. The number of carbonyl (C=O) groups is 3. The first kappa shape index (κ1) is 32.8. The summed E-state index contributed by atoms with van der Waals surface area (Å²) in [4.78, 5) is 51.1. The van der Waals surface area contributed by atoms with Gasteiger partial charge in [0.05, 0.1) is 17.5 Å². The zero-order chi connectivity index (χ0) is 32.5. The summed E-state index contributed by atoms with van der Waals surface area (Å²) < 4.78 is 29.8. The van der Waals surface area contributed by atoms with E-state index in [1.807, 2.05) is 23.1 Å². The van der Waals surface area contributed by atoms with Gasteiger partial charge >= 0.3 is 0 Å². The van der Waals surface area contributed by atoms with E-state index in [-0.39, 0.29) is 42.1 Å². The standard InChI is InChI=1S/C31H39N9O5S/c32-37-21-39-14-3-4-22(20-39)18-36-29(41)17-27(38-46(44,45)26-10-7-23-5-1-2-6-24(23)16-26)31(43)40(25-8-9-25)15-13-35-30(42)28-19-33-11-12-34-28/h1-2,5-7,10-12,16,19,21-22,25,27,38H,3-4,8-9,13-15,17-18,20,32H2,(H,35,42)(H,36,41)/t22-,27-/m0/s1. The lowest BCUT2D eigenvalue weighted by atomic mass is 9.98. The third-order valence-corrected chi connectivity index (χ3v) is 9.56. The van der Waals surface area contributed by atoms with E-state index in [1.165, 1.54) is 24.7 Å². The molecule has 0 spiro atoms. The van der Waals surface area contributed by atoms with Gasteiger partial charge in [0.1, 0.15) is 18.1 Å². The van der Waals surface area contributed by atoms with E-state index in [0.29, 0.717) is 13.1 Å². The summed E-state index contributed by atoms with van der Waals surface area (Å²) in [5.41, 5.74) is 0.140. The van der Waals surface area contributed by atoms with E-state index in [9.17, 15) is 22.8 Å². The molecule has 3 amide bonds. The Hall–Kier alpha value is -4.63. The van der Waals surface area contributed by atoms with Gasteiger partial charge in [0, 0.05) is 51.2 Å². The van der Waals surface area contributed by atoms with Crippen molar-refractivity contribution in [3.63, 3.8) is 0 Å². The normalized spacial score (nSPS) is 17.5. The van der Waals surface area contributed by atoms with Crippen molar-refractivity contribution in [1.29, 1.82) is 0 Å². The lowest BCUT2D eigenvalue weighted by Crippen LogP contribution is -2.52. The van der Waals surface area contributed by atoms with E-state index in [4.69, 9.17) is 5.84 Å². The minimum absolute atomic E-state index is 0.0116. The zero-order valence-corrected chi connectivity index (χ0v) is 26.2. The fourth-order valence-corrected chi connectivity index (χ4v) is 6.83. The largest absolute Gasteiger partial charge is 0.361 e. The fraction of sp³-hybridized carbons (Fsp3) is 0.419. The number of piperidine rings is 1. The monoisotopic (exact) mass is 649 g/mol. The van der Waals surface area contributed by atoms with Crippen molar-refractivity contribution < 1.29 is 22.8 Å². The smallest absolute Gasteiger partial charge is 0.271 e. The third kappa shape index (κ3) is 8.75. The summed E-state index contributed by atoms with van der Waals surface area (Å²) in [5, 5.41) is 10.8. The van der Waals surface area contributed by atoms with Crippen LogP contribution in [0.15, 0.2) is 71.1 Å². The number of nitrogens with zero attached hydrogens (tertiary/aromatic N) is 5. The number of amides is 3. The summed E-state index contributed by atoms with van der Waals surface area (Å²) in [5.74, 6) is 4.03. The van der Waals surface area contributed by atoms with Crippen LogP contribution in [-0.4, -0.2) is 97.1 Å². The molecule has 5 N–H and O–H groups in total. The first-order chi connectivity index (χ1) is 22.2. The molecule has 0 bridgehead atoms. The second-order valence-corrected chi connectivity index (χ2v) is 13.3. The molecule has 2 fully saturated rings. The number of likely N-dealkylation sites (tertiary alicyclic amines) is 1. The van der Waals surface area contributed by atoms with Crippen molar-refractivity contribution in [2.45, 2.75) is 49.1 Å². The molecule has 0 unspecified atom stereocenters. The fourth-order valence-electron chi connectivity index (χ4n) is 5.60. The van der Waals surface area contributed by atoms with Crippen LogP contribution in [0.3, 0.4) is 0 Å². The van der Waals surface area contributed by atoms with E-state index >= 15 is 0 Å². The van der Waals surface area contributed by atoms with Crippen molar-refractivity contribution in [3.8, 4) is 0 Å². The van der Waals surface area contributed by atoms with Gasteiger partial charge in [0.2, 0.25) is 21.8 Å². The van der Waals surface area contributed by atoms with Crippen LogP contribution in [0, 0.1) is 5.92 Å². The molecule has 14 nitrogen and oxygen atoms in total. The highest BCUT2D eigenvalue weighted by Gasteiger charge is 2.38. The molecule has 2 aliphatic rings. The van der Waals surface area contributed by atoms with Gasteiger partial charge in [-0.05, 0) is 54.5 Å². The Kier molecular flexibility index (Phi) is 10.8. The van der Waals surface area contributed by atoms with Gasteiger partial charge in [-0.1, -0.05) is 30.3 Å². The molecule has 244 valence electrons. The van der Waals surface area contributed by atoms with Gasteiger partial charge in [-0.3, -0.25) is 19.4 Å². The second-order valence-electron chi connectivity index (χ2n) is 11.6. The average Bonchev–Trinajstić information content (AvgIpc) is 3.91. The van der Waals surface area contributed by atoms with E-state index in [1.54, 1.807) is 29.4 Å². The number of nitrogens with one attached hydrogen (secondary N) is 3. The van der Waals surface area contributed by atoms with E-state index < -0.39 is 33.8 Å². The third-order valence-electron chi connectivity index (χ3n) is 8.09. The molecule has 1 saturated carbocycles. The van der Waals surface area contributed by atoms with Crippen LogP contribution < -0.4 is 21.2 Å². The minimum atomic E-state index is -4.19. The summed E-state index contributed by atoms with van der Waals surface area (Å²) in [6.07, 6.45) is 8.70. The average molecular weight is 650 g/mol. The lowest BCUT2D eigenvalue weighted by Gasteiger charge is -2.31. The number of hydrazone groups is 1. The summed E-state index contributed by atoms with van der Waals surface area (Å²) in [7, 11) is -4.19. The Bertz CT molecular complexity index is 1670. The minimum Gasteiger partial charge on any atom is -0.361 e. The van der Waals surface area contributed by atoms with Crippen molar-refractivity contribution in [2.24, 2.45) is 16.9 Å². The van der Waals surface area contributed by atoms with Gasteiger partial charge in [0.15, 0.2) is 0 Å². The van der Waals surface area contributed by atoms with E-state index in [2.05, 4.69) is 30.4 Å². The Labute approximate surface area is 267 Å². The first-order valence-electron chi connectivity index (χ1n) is 15.3. The predicted octanol–water partition coefficient (Wildman–Crippen LogP) is 0.818. The molecule has 2 atom stereocenters. The molecule has 46 heavy (non-hydrogen) atoms. The number of aromatic nitrogens is 2. The lowest BCUT2D eigenvalue weighted by molar-refractivity contribution is -0.136. The number of hydrogen-bond donors (Lipinski definition) is 4. The summed E-state index contributed by atoms with van der Waals surface area (Å²) in [6.45, 7) is 2.11. The molecule has 15 heteroatoms. The highest BCUT2D eigenvalue weighted by Crippen LogP contribution is 2.28. The zero-order valence-electron chi connectivity index (χ0n) is 25.4. The van der Waals surface area contributed by atoms with Crippen molar-refractivity contribution in [3.05, 3.63) is 66.7 Å². The number of carbonyl (C=O) groups excluding carboxylic acids is 3. The number of benzene rings is 2. The van der Waals surface area contributed by atoms with E-state index in [0.717, 1.165) is 43.0 Å². The Balaban J connectivity index is 1.29. The number of sulfonamides is 1. The quantitative estimate of drug-likeness (QED) is 0.0847. The predicted molar refractivity (Wildman–Crippen MR) is 172 cm³/mol. The maximum Gasteiger partial charge on any atom is 0.271 e. The Morgan fingerprint density at radius 3 is 2.63 bits per heavy atom. The van der Waals surface area contributed by atoms with Gasteiger partial charge in [-0.15, -0.1) is 0 Å². The maximum atomic E-state index is 14.0. The molecule has 1 aliphatic carbocycles. The van der Waals surface area contributed by atoms with Gasteiger partial charge < -0.3 is 26.3 Å². The molecule has 2 aromatic carbocycles. The molecule has 3 aromatic rings. The molecule has 1 aromatic heterocycles. The molecule has 2 heterocycles. The first-order valence-corrected chi connectivity index (χ1v) is 16.8. The number of nitrogens with two attached hydrogens (primary N) is 1. The van der Waals surface area contributed by atoms with Crippen LogP contribution in [0.5, 0.6) is 0 Å². The number of rotatable bonds is 14. The van der Waals surface area contributed by atoms with Gasteiger partial charge in [0.25, 0.3) is 5.91 Å². The second kappa shape index (κ2) is 15.1. The van der Waals surface area contributed by atoms with Crippen molar-refractivity contribution >= 4 is 44.9 Å². The molecular formula is C31H39N9O5S. The van der Waals surface area contributed by atoms with Crippen LogP contribution in [0.2, 0.25) is 0 Å². The van der Waals surface area contributed by atoms with Crippen LogP contribution in [0.4, 0.5) is 0 Å². The SMILES string of the molecule is NN=CN1CCC[C@@H](CNC(=O)C[C@H](NS(=O)(=O)c2ccc3ccccc3c2)C(=O)N(CCNC(=O)c2cnccn2)C2CC2)C1. The maximum absolute atomic E-state index is 14.0. The molecule has 5 rings (SSSR count). The summed E-state index contributed by atoms with van der Waals surface area (Å²) in [6, 6.07) is 10.6. The summed E-state index contributed by atoms with van der Waals surface area (Å²) >= 11 is 0. The molecule has 1 saturated heterocycles. The molecule has 0 radical (unpaired) electrons. The van der Waals surface area contributed by atoms with Crippen LogP contribution >= 0.6 is 0 Å². The molecule has 1 aliphatic heterocycles. The number of fused-ring (bicyclic) bond motifs is 1. The Morgan fingerprint density at radius 1 is 1.09 bits per heavy atom. The van der Waals surface area contributed by atoms with Crippen LogP contribution in [-0.2, 0) is 19.6 Å². The van der Waals surface area contributed by atoms with Crippen LogP contribution in [0.25, 0.3) is 10.8 Å². The number of hydrogen-bond acceptors (Lipinski definition) is 9. The molecular weight excluding hydrogens is 610 g/mol. The van der Waals surface area contributed by atoms with Gasteiger partial charge in [-0.25, -0.2) is 13.4 Å². The Morgan fingerprint density at radius 2 is 1.89 bits per heavy atom. The highest BCUT2D eigenvalue weighted by molar-refractivity contribution is 7.89. The van der Waals surface area contributed by atoms with Crippen molar-refractivity contribution in [2.75, 3.05) is 32.7 Å². The topological polar surface area (TPSA) is 192 Å². The van der Waals surface area contributed by atoms with Crippen molar-refractivity contribution in [1.82, 2.24) is 35.1 Å². The van der Waals surface area contributed by atoms with Crippen LogP contribution in [0.1, 0.15) is 42.6 Å². The van der Waals surface area contributed by atoms with Gasteiger partial charge in [-0.2, -0.15) is 9.82 Å².